The largest absolute Gasteiger partial charge is 0.375 e. The van der Waals surface area contributed by atoms with Gasteiger partial charge in [-0.05, 0) is 12.8 Å². The van der Waals surface area contributed by atoms with Crippen molar-refractivity contribution in [2.45, 2.75) is 37.9 Å². The van der Waals surface area contributed by atoms with Crippen molar-refractivity contribution in [2.24, 2.45) is 0 Å². The molecule has 2 heteroatoms. The first kappa shape index (κ1) is 6.62. The first-order valence-corrected chi connectivity index (χ1v) is 4.13. The second-order valence-corrected chi connectivity index (χ2v) is 3.16. The van der Waals surface area contributed by atoms with Crippen LogP contribution in [0, 0.1) is 0 Å². The average Bonchev–Trinajstić information content (AvgIpc) is 2.42. The van der Waals surface area contributed by atoms with Crippen LogP contribution in [0.25, 0.3) is 0 Å². The molecule has 0 aromatic carbocycles. The first-order valence-electron chi connectivity index (χ1n) is 4.13. The summed E-state index contributed by atoms with van der Waals surface area (Å²) >= 11 is 0. The third-order valence-corrected chi connectivity index (χ3v) is 2.80. The minimum absolute atomic E-state index is 0.125. The summed E-state index contributed by atoms with van der Waals surface area (Å²) in [6.45, 7) is 3.99. The van der Waals surface area contributed by atoms with E-state index in [-0.39, 0.29) is 5.60 Å². The molecule has 0 aliphatic carbocycles. The van der Waals surface area contributed by atoms with Gasteiger partial charge >= 0.3 is 0 Å². The van der Waals surface area contributed by atoms with Crippen molar-refractivity contribution in [3.63, 3.8) is 0 Å². The van der Waals surface area contributed by atoms with E-state index in [0.717, 1.165) is 32.5 Å². The van der Waals surface area contributed by atoms with E-state index in [2.05, 4.69) is 6.92 Å². The van der Waals surface area contributed by atoms with Crippen LogP contribution in [0.2, 0.25) is 0 Å². The molecular formula is C8H14O2. The molecule has 2 aliphatic rings. The summed E-state index contributed by atoms with van der Waals surface area (Å²) in [6, 6.07) is 0. The van der Waals surface area contributed by atoms with E-state index in [0.29, 0.717) is 6.10 Å². The summed E-state index contributed by atoms with van der Waals surface area (Å²) in [5.74, 6) is 0. The highest BCUT2D eigenvalue weighted by atomic mass is 16.6. The van der Waals surface area contributed by atoms with Gasteiger partial charge in [-0.3, -0.25) is 0 Å². The summed E-state index contributed by atoms with van der Waals surface area (Å²) in [6.07, 6.45) is 3.73. The SMILES string of the molecule is CCC12CCOC1CCO2. The normalized spacial score (nSPS) is 45.9. The van der Waals surface area contributed by atoms with Crippen molar-refractivity contribution in [3.8, 4) is 0 Å². The van der Waals surface area contributed by atoms with Crippen molar-refractivity contribution in [1.82, 2.24) is 0 Å². The lowest BCUT2D eigenvalue weighted by atomic mass is 9.93. The molecule has 0 aromatic heterocycles. The maximum absolute atomic E-state index is 5.69. The molecule has 2 fully saturated rings. The fraction of sp³-hybridized carbons (Fsp3) is 1.00. The molecule has 2 saturated heterocycles. The van der Waals surface area contributed by atoms with E-state index in [1.54, 1.807) is 0 Å². The zero-order valence-corrected chi connectivity index (χ0v) is 6.43. The highest BCUT2D eigenvalue weighted by Crippen LogP contribution is 2.39. The van der Waals surface area contributed by atoms with Crippen LogP contribution in [0.15, 0.2) is 0 Å². The number of hydrogen-bond donors (Lipinski definition) is 0. The summed E-state index contributed by atoms with van der Waals surface area (Å²) in [4.78, 5) is 0. The monoisotopic (exact) mass is 142 g/mol. The number of rotatable bonds is 1. The lowest BCUT2D eigenvalue weighted by Crippen LogP contribution is -2.33. The molecule has 0 aromatic rings. The van der Waals surface area contributed by atoms with Gasteiger partial charge in [-0.25, -0.2) is 0 Å². The van der Waals surface area contributed by atoms with Crippen molar-refractivity contribution in [3.05, 3.63) is 0 Å². The van der Waals surface area contributed by atoms with Crippen LogP contribution in [0.1, 0.15) is 26.2 Å². The van der Waals surface area contributed by atoms with E-state index in [1.165, 1.54) is 0 Å². The fourth-order valence-electron chi connectivity index (χ4n) is 2.07. The van der Waals surface area contributed by atoms with E-state index in [9.17, 15) is 0 Å². The quantitative estimate of drug-likeness (QED) is 0.550. The van der Waals surface area contributed by atoms with Gasteiger partial charge in [-0.2, -0.15) is 0 Å². The van der Waals surface area contributed by atoms with Gasteiger partial charge in [0.25, 0.3) is 0 Å². The Labute approximate surface area is 61.5 Å². The maximum Gasteiger partial charge on any atom is 0.0963 e. The molecule has 0 spiro atoms. The molecule has 2 nitrogen and oxygen atoms in total. The summed E-state index contributed by atoms with van der Waals surface area (Å²) in [5, 5.41) is 0. The van der Waals surface area contributed by atoms with Crippen LogP contribution in [0.5, 0.6) is 0 Å². The second kappa shape index (κ2) is 2.21. The van der Waals surface area contributed by atoms with Crippen molar-refractivity contribution >= 4 is 0 Å². The lowest BCUT2D eigenvalue weighted by Gasteiger charge is -2.24. The van der Waals surface area contributed by atoms with E-state index >= 15 is 0 Å². The summed E-state index contributed by atoms with van der Waals surface area (Å²) in [5.41, 5.74) is 0.125. The van der Waals surface area contributed by atoms with Gasteiger partial charge in [0.1, 0.15) is 0 Å². The molecule has 2 unspecified atom stereocenters. The molecule has 2 atom stereocenters. The van der Waals surface area contributed by atoms with E-state index in [1.807, 2.05) is 0 Å². The predicted molar refractivity (Wildman–Crippen MR) is 37.9 cm³/mol. The van der Waals surface area contributed by atoms with Crippen LogP contribution in [-0.4, -0.2) is 24.9 Å². The smallest absolute Gasteiger partial charge is 0.0963 e. The molecule has 0 bridgehead atoms. The Kier molecular flexibility index (Phi) is 1.46. The Hall–Kier alpha value is -0.0800. The molecule has 0 N–H and O–H groups in total. The summed E-state index contributed by atoms with van der Waals surface area (Å²) in [7, 11) is 0. The zero-order valence-electron chi connectivity index (χ0n) is 6.43. The Bertz CT molecular complexity index is 123. The lowest BCUT2D eigenvalue weighted by molar-refractivity contribution is -0.0233. The first-order chi connectivity index (χ1) is 4.87. The van der Waals surface area contributed by atoms with Gasteiger partial charge in [-0.1, -0.05) is 6.92 Å². The van der Waals surface area contributed by atoms with Gasteiger partial charge in [0, 0.05) is 13.0 Å². The molecule has 58 valence electrons. The Balaban J connectivity index is 2.15. The molecule has 2 heterocycles. The number of hydrogen-bond acceptors (Lipinski definition) is 2. The third kappa shape index (κ3) is 0.722. The minimum Gasteiger partial charge on any atom is -0.375 e. The number of ether oxygens (including phenoxy) is 2. The standard InChI is InChI=1S/C8H14O2/c1-2-8-4-6-9-7(8)3-5-10-8/h7H,2-6H2,1H3. The highest BCUT2D eigenvalue weighted by molar-refractivity contribution is 4.96. The Morgan fingerprint density at radius 2 is 2.40 bits per heavy atom. The number of fused-ring (bicyclic) bond motifs is 1. The van der Waals surface area contributed by atoms with Crippen LogP contribution in [0.3, 0.4) is 0 Å². The van der Waals surface area contributed by atoms with Crippen LogP contribution in [0.4, 0.5) is 0 Å². The zero-order chi connectivity index (χ0) is 7.03. The van der Waals surface area contributed by atoms with Gasteiger partial charge in [-0.15, -0.1) is 0 Å². The van der Waals surface area contributed by atoms with Crippen molar-refractivity contribution < 1.29 is 9.47 Å². The highest BCUT2D eigenvalue weighted by Gasteiger charge is 2.47. The molecule has 0 amide bonds. The fourth-order valence-corrected chi connectivity index (χ4v) is 2.07. The van der Waals surface area contributed by atoms with E-state index in [4.69, 9.17) is 9.47 Å². The van der Waals surface area contributed by atoms with E-state index < -0.39 is 0 Å². The van der Waals surface area contributed by atoms with Crippen LogP contribution in [-0.2, 0) is 9.47 Å². The molecule has 10 heavy (non-hydrogen) atoms. The van der Waals surface area contributed by atoms with Crippen molar-refractivity contribution in [2.75, 3.05) is 13.2 Å². The Morgan fingerprint density at radius 3 is 3.10 bits per heavy atom. The van der Waals surface area contributed by atoms with Crippen LogP contribution < -0.4 is 0 Å². The Morgan fingerprint density at radius 1 is 1.50 bits per heavy atom. The molecule has 0 saturated carbocycles. The second-order valence-electron chi connectivity index (χ2n) is 3.16. The maximum atomic E-state index is 5.69. The average molecular weight is 142 g/mol. The van der Waals surface area contributed by atoms with Gasteiger partial charge in [0.2, 0.25) is 0 Å². The van der Waals surface area contributed by atoms with Gasteiger partial charge in [0.05, 0.1) is 18.3 Å². The molecular weight excluding hydrogens is 128 g/mol. The van der Waals surface area contributed by atoms with Gasteiger partial charge < -0.3 is 9.47 Å². The molecule has 2 aliphatic heterocycles. The summed E-state index contributed by atoms with van der Waals surface area (Å²) < 4.78 is 11.2. The molecule has 0 radical (unpaired) electrons. The minimum atomic E-state index is 0.125. The third-order valence-electron chi connectivity index (χ3n) is 2.80. The van der Waals surface area contributed by atoms with Crippen molar-refractivity contribution in [1.29, 1.82) is 0 Å². The predicted octanol–water partition coefficient (Wildman–Crippen LogP) is 1.34. The topological polar surface area (TPSA) is 18.5 Å². The molecule has 2 rings (SSSR count). The van der Waals surface area contributed by atoms with Crippen LogP contribution >= 0.6 is 0 Å². The van der Waals surface area contributed by atoms with Gasteiger partial charge in [0.15, 0.2) is 0 Å².